The van der Waals surface area contributed by atoms with Crippen LogP contribution in [-0.2, 0) is 0 Å². The highest BCUT2D eigenvalue weighted by Gasteiger charge is 2.10. The van der Waals surface area contributed by atoms with Crippen molar-refractivity contribution in [3.63, 3.8) is 0 Å². The lowest BCUT2D eigenvalue weighted by Gasteiger charge is -2.05. The molecule has 0 aliphatic heterocycles. The summed E-state index contributed by atoms with van der Waals surface area (Å²) >= 11 is 0. The molecule has 0 amide bonds. The lowest BCUT2D eigenvalue weighted by atomic mass is 10.2. The van der Waals surface area contributed by atoms with Crippen LogP contribution in [0.15, 0.2) is 29.1 Å². The maximum Gasteiger partial charge on any atom is 0.152 e. The van der Waals surface area contributed by atoms with Gasteiger partial charge in [-0.25, -0.2) is 9.97 Å². The molecule has 0 unspecified atom stereocenters. The number of rotatable bonds is 2. The van der Waals surface area contributed by atoms with E-state index in [-0.39, 0.29) is 0 Å². The second-order valence-corrected chi connectivity index (χ2v) is 3.17. The van der Waals surface area contributed by atoms with Crippen molar-refractivity contribution in [3.05, 3.63) is 30.3 Å². The molecule has 2 rings (SSSR count). The third-order valence-corrected chi connectivity index (χ3v) is 2.14. The lowest BCUT2D eigenvalue weighted by Crippen LogP contribution is -1.98. The molecule has 2 heterocycles. The first-order valence-corrected chi connectivity index (χ1v) is 4.86. The fourth-order valence-corrected chi connectivity index (χ4v) is 1.36. The Morgan fingerprint density at radius 1 is 1.38 bits per heavy atom. The van der Waals surface area contributed by atoms with Crippen LogP contribution in [0.3, 0.4) is 0 Å². The summed E-state index contributed by atoms with van der Waals surface area (Å²) in [6, 6.07) is 6.45. The highest BCUT2D eigenvalue weighted by Crippen LogP contribution is 2.24. The lowest BCUT2D eigenvalue weighted by molar-refractivity contribution is 0.579. The fourth-order valence-electron chi connectivity index (χ4n) is 1.36. The minimum atomic E-state index is 0.704. The van der Waals surface area contributed by atoms with Crippen LogP contribution in [0.25, 0.3) is 11.5 Å². The minimum absolute atomic E-state index is 0.704. The van der Waals surface area contributed by atoms with Gasteiger partial charge in [0.15, 0.2) is 5.76 Å². The van der Waals surface area contributed by atoms with E-state index in [2.05, 4.69) is 27.2 Å². The van der Waals surface area contributed by atoms with Gasteiger partial charge in [-0.3, -0.25) is 5.32 Å². The molecule has 0 aliphatic carbocycles. The summed E-state index contributed by atoms with van der Waals surface area (Å²) in [6.07, 6.45) is 3.11. The van der Waals surface area contributed by atoms with Crippen LogP contribution in [0.1, 0.15) is 12.5 Å². The predicted molar refractivity (Wildman–Crippen MR) is 61.5 cm³/mol. The number of aromatic nitrogens is 2. The largest absolute Gasteiger partial charge is 0.463 e. The summed E-state index contributed by atoms with van der Waals surface area (Å²) in [4.78, 5) is 8.32. The van der Waals surface area contributed by atoms with Crippen molar-refractivity contribution in [1.82, 2.24) is 9.97 Å². The molecular weight excluding hydrogens is 202 g/mol. The molecule has 4 heteroatoms. The second-order valence-electron chi connectivity index (χ2n) is 3.17. The topological polar surface area (TPSA) is 51.0 Å². The first kappa shape index (κ1) is 10.2. The van der Waals surface area contributed by atoms with Gasteiger partial charge in [-0.15, -0.1) is 0 Å². The Labute approximate surface area is 93.7 Å². The van der Waals surface area contributed by atoms with Gasteiger partial charge in [-0.1, -0.05) is 5.92 Å². The maximum atomic E-state index is 5.31. The first-order chi connectivity index (χ1) is 7.83. The first-order valence-electron chi connectivity index (χ1n) is 4.86. The molecule has 0 saturated heterocycles. The summed E-state index contributed by atoms with van der Waals surface area (Å²) in [5, 5.41) is 2.91. The molecule has 4 nitrogen and oxygen atoms in total. The van der Waals surface area contributed by atoms with Gasteiger partial charge in [-0.05, 0) is 26.0 Å². The van der Waals surface area contributed by atoms with Gasteiger partial charge < -0.3 is 4.42 Å². The van der Waals surface area contributed by atoms with E-state index < -0.39 is 0 Å². The third kappa shape index (κ3) is 1.89. The van der Waals surface area contributed by atoms with Gasteiger partial charge in [-0.2, -0.15) is 0 Å². The Hall–Kier alpha value is -2.28. The number of nitrogens with zero attached hydrogens (tertiary/aromatic N) is 2. The van der Waals surface area contributed by atoms with Crippen LogP contribution in [0, 0.1) is 18.9 Å². The summed E-state index contributed by atoms with van der Waals surface area (Å²) in [6.45, 7) is 3.69. The zero-order chi connectivity index (χ0) is 11.4. The average Bonchev–Trinajstić information content (AvgIpc) is 2.81. The Morgan fingerprint density at radius 3 is 2.94 bits per heavy atom. The van der Waals surface area contributed by atoms with Crippen LogP contribution in [0.5, 0.6) is 0 Å². The van der Waals surface area contributed by atoms with Gasteiger partial charge in [0.1, 0.15) is 17.8 Å². The van der Waals surface area contributed by atoms with Crippen molar-refractivity contribution in [2.24, 2.45) is 0 Å². The third-order valence-electron chi connectivity index (χ3n) is 2.14. The van der Waals surface area contributed by atoms with E-state index in [0.717, 1.165) is 17.0 Å². The Bertz CT molecular complexity index is 535. The molecule has 2 aromatic rings. The van der Waals surface area contributed by atoms with E-state index in [4.69, 9.17) is 4.42 Å². The molecular formula is C12H11N3O. The van der Waals surface area contributed by atoms with E-state index >= 15 is 0 Å². The number of nitrogens with one attached hydrogen (secondary N) is 1. The minimum Gasteiger partial charge on any atom is -0.463 e. The van der Waals surface area contributed by atoms with Crippen molar-refractivity contribution >= 4 is 5.82 Å². The molecule has 1 N–H and O–H groups in total. The van der Waals surface area contributed by atoms with Crippen molar-refractivity contribution in [3.8, 4) is 23.4 Å². The molecule has 0 bridgehead atoms. The SMILES string of the molecule is CC#CNc1ncnc(-c2ccco2)c1C. The second kappa shape index (κ2) is 4.49. The maximum absolute atomic E-state index is 5.31. The standard InChI is InChI=1S/C12H11N3O/c1-3-6-13-12-9(2)11(14-8-15-12)10-5-4-7-16-10/h4-5,7-8H,1-2H3,(H,13,14,15). The molecule has 16 heavy (non-hydrogen) atoms. The molecule has 0 aromatic carbocycles. The molecule has 0 aliphatic rings. The molecule has 0 spiro atoms. The highest BCUT2D eigenvalue weighted by atomic mass is 16.3. The monoisotopic (exact) mass is 213 g/mol. The van der Waals surface area contributed by atoms with Gasteiger partial charge in [0.05, 0.1) is 6.26 Å². The Kier molecular flexibility index (Phi) is 2.88. The van der Waals surface area contributed by atoms with Gasteiger partial charge in [0.2, 0.25) is 0 Å². The van der Waals surface area contributed by atoms with Gasteiger partial charge >= 0.3 is 0 Å². The predicted octanol–water partition coefficient (Wildman–Crippen LogP) is 2.44. The number of hydrogen-bond donors (Lipinski definition) is 1. The van der Waals surface area contributed by atoms with Crippen molar-refractivity contribution in [2.75, 3.05) is 5.32 Å². The van der Waals surface area contributed by atoms with Crippen molar-refractivity contribution in [1.29, 1.82) is 0 Å². The molecule has 0 saturated carbocycles. The molecule has 2 aromatic heterocycles. The van der Waals surface area contributed by atoms with E-state index in [9.17, 15) is 0 Å². The zero-order valence-electron chi connectivity index (χ0n) is 9.11. The molecule has 0 fully saturated rings. The number of anilines is 1. The van der Waals surface area contributed by atoms with Crippen LogP contribution >= 0.6 is 0 Å². The van der Waals surface area contributed by atoms with E-state index in [1.807, 2.05) is 19.1 Å². The van der Waals surface area contributed by atoms with E-state index in [0.29, 0.717) is 5.82 Å². The van der Waals surface area contributed by atoms with Crippen LogP contribution in [-0.4, -0.2) is 9.97 Å². The normalized spacial score (nSPS) is 9.38. The van der Waals surface area contributed by atoms with Crippen molar-refractivity contribution < 1.29 is 4.42 Å². The van der Waals surface area contributed by atoms with E-state index in [1.165, 1.54) is 6.33 Å². The summed E-state index contributed by atoms with van der Waals surface area (Å²) in [5.74, 6) is 4.19. The highest BCUT2D eigenvalue weighted by molar-refractivity contribution is 5.64. The Morgan fingerprint density at radius 2 is 2.25 bits per heavy atom. The quantitative estimate of drug-likeness (QED) is 0.615. The van der Waals surface area contributed by atoms with E-state index in [1.54, 1.807) is 13.2 Å². The Balaban J connectivity index is 2.43. The molecule has 0 radical (unpaired) electrons. The number of furan rings is 1. The van der Waals surface area contributed by atoms with Crippen LogP contribution in [0.2, 0.25) is 0 Å². The molecule has 80 valence electrons. The summed E-state index contributed by atoms with van der Waals surface area (Å²) in [7, 11) is 0. The van der Waals surface area contributed by atoms with Crippen LogP contribution in [0.4, 0.5) is 5.82 Å². The molecule has 0 atom stereocenters. The van der Waals surface area contributed by atoms with Gasteiger partial charge in [0.25, 0.3) is 0 Å². The summed E-state index contributed by atoms with van der Waals surface area (Å²) < 4.78 is 5.31. The fraction of sp³-hybridized carbons (Fsp3) is 0.167. The van der Waals surface area contributed by atoms with Gasteiger partial charge in [0, 0.05) is 11.6 Å². The average molecular weight is 213 g/mol. The van der Waals surface area contributed by atoms with Crippen molar-refractivity contribution in [2.45, 2.75) is 13.8 Å². The number of hydrogen-bond acceptors (Lipinski definition) is 4. The van der Waals surface area contributed by atoms with Crippen LogP contribution < -0.4 is 5.32 Å². The summed E-state index contributed by atoms with van der Waals surface area (Å²) in [5.41, 5.74) is 1.70. The smallest absolute Gasteiger partial charge is 0.152 e. The zero-order valence-corrected chi connectivity index (χ0v) is 9.11.